The second-order valence-electron chi connectivity index (χ2n) is 5.11. The lowest BCUT2D eigenvalue weighted by molar-refractivity contribution is 0.102. The van der Waals surface area contributed by atoms with Gasteiger partial charge in [0.1, 0.15) is 0 Å². The third kappa shape index (κ3) is 3.59. The van der Waals surface area contributed by atoms with Crippen LogP contribution >= 0.6 is 11.3 Å². The summed E-state index contributed by atoms with van der Waals surface area (Å²) >= 11 is 1.51. The molecule has 2 aromatic carbocycles. The first-order valence-corrected chi connectivity index (χ1v) is 7.89. The number of benzene rings is 2. The molecule has 0 radical (unpaired) electrons. The number of aryl methyl sites for hydroxylation is 1. The molecule has 110 valence electrons. The van der Waals surface area contributed by atoms with Gasteiger partial charge in [-0.25, -0.2) is 4.98 Å². The summed E-state index contributed by atoms with van der Waals surface area (Å²) in [5.41, 5.74) is 3.02. The molecule has 0 aliphatic carbocycles. The predicted octanol–water partition coefficient (Wildman–Crippen LogP) is 4.29. The Labute approximate surface area is 133 Å². The van der Waals surface area contributed by atoms with Crippen LogP contribution in [0.25, 0.3) is 0 Å². The summed E-state index contributed by atoms with van der Waals surface area (Å²) in [4.78, 5) is 17.6. The van der Waals surface area contributed by atoms with Gasteiger partial charge in [-0.2, -0.15) is 0 Å². The SMILES string of the molecule is Cc1ccc(C(=O)Nc2ncc(Cc3ccccc3)s2)cc1. The molecule has 0 spiro atoms. The molecule has 0 saturated carbocycles. The van der Waals surface area contributed by atoms with Gasteiger partial charge in [-0.05, 0) is 24.6 Å². The number of nitrogens with zero attached hydrogens (tertiary/aromatic N) is 1. The fraction of sp³-hybridized carbons (Fsp3) is 0.111. The number of hydrogen-bond acceptors (Lipinski definition) is 3. The van der Waals surface area contributed by atoms with E-state index >= 15 is 0 Å². The van der Waals surface area contributed by atoms with E-state index in [1.807, 2.05) is 55.6 Å². The third-order valence-electron chi connectivity index (χ3n) is 3.31. The minimum absolute atomic E-state index is 0.124. The summed E-state index contributed by atoms with van der Waals surface area (Å²) in [6.45, 7) is 2.00. The van der Waals surface area contributed by atoms with Crippen LogP contribution in [0.3, 0.4) is 0 Å². The van der Waals surface area contributed by atoms with E-state index in [1.165, 1.54) is 16.9 Å². The quantitative estimate of drug-likeness (QED) is 0.781. The molecule has 22 heavy (non-hydrogen) atoms. The Bertz CT molecular complexity index is 763. The molecule has 1 N–H and O–H groups in total. The summed E-state index contributed by atoms with van der Waals surface area (Å²) in [7, 11) is 0. The average Bonchev–Trinajstić information content (AvgIpc) is 2.96. The fourth-order valence-corrected chi connectivity index (χ4v) is 2.96. The number of rotatable bonds is 4. The molecule has 0 aliphatic rings. The number of amides is 1. The molecule has 0 fully saturated rings. The number of aromatic nitrogens is 1. The average molecular weight is 308 g/mol. The minimum atomic E-state index is -0.124. The Balaban J connectivity index is 1.66. The molecule has 0 saturated heterocycles. The van der Waals surface area contributed by atoms with E-state index in [0.29, 0.717) is 10.7 Å². The highest BCUT2D eigenvalue weighted by molar-refractivity contribution is 7.15. The van der Waals surface area contributed by atoms with Crippen molar-refractivity contribution in [1.82, 2.24) is 4.98 Å². The maximum atomic E-state index is 12.1. The van der Waals surface area contributed by atoms with Crippen LogP contribution < -0.4 is 5.32 Å². The second-order valence-corrected chi connectivity index (χ2v) is 6.23. The van der Waals surface area contributed by atoms with Crippen molar-refractivity contribution in [3.63, 3.8) is 0 Å². The van der Waals surface area contributed by atoms with Gasteiger partial charge in [0.25, 0.3) is 5.91 Å². The van der Waals surface area contributed by atoms with Crippen molar-refractivity contribution in [2.75, 3.05) is 5.32 Å². The zero-order valence-corrected chi connectivity index (χ0v) is 13.1. The number of anilines is 1. The largest absolute Gasteiger partial charge is 0.298 e. The topological polar surface area (TPSA) is 42.0 Å². The molecule has 0 bridgehead atoms. The first kappa shape index (κ1) is 14.5. The van der Waals surface area contributed by atoms with E-state index in [9.17, 15) is 4.79 Å². The monoisotopic (exact) mass is 308 g/mol. The van der Waals surface area contributed by atoms with Crippen LogP contribution in [0.5, 0.6) is 0 Å². The molecule has 3 rings (SSSR count). The number of carbonyl (C=O) groups is 1. The van der Waals surface area contributed by atoms with E-state index in [0.717, 1.165) is 16.9 Å². The summed E-state index contributed by atoms with van der Waals surface area (Å²) in [6.07, 6.45) is 2.65. The van der Waals surface area contributed by atoms with Crippen molar-refractivity contribution in [1.29, 1.82) is 0 Å². The Hall–Kier alpha value is -2.46. The van der Waals surface area contributed by atoms with Gasteiger partial charge in [0.2, 0.25) is 0 Å². The summed E-state index contributed by atoms with van der Waals surface area (Å²) < 4.78 is 0. The van der Waals surface area contributed by atoms with E-state index in [1.54, 1.807) is 0 Å². The van der Waals surface area contributed by atoms with Gasteiger partial charge in [0.15, 0.2) is 5.13 Å². The van der Waals surface area contributed by atoms with Crippen molar-refractivity contribution in [2.45, 2.75) is 13.3 Å². The van der Waals surface area contributed by atoms with Gasteiger partial charge in [-0.1, -0.05) is 48.0 Å². The number of nitrogens with one attached hydrogen (secondary N) is 1. The predicted molar refractivity (Wildman–Crippen MR) is 90.5 cm³/mol. The molecule has 0 aliphatic heterocycles. The maximum Gasteiger partial charge on any atom is 0.257 e. The lowest BCUT2D eigenvalue weighted by Gasteiger charge is -2.02. The smallest absolute Gasteiger partial charge is 0.257 e. The van der Waals surface area contributed by atoms with Gasteiger partial charge in [-0.3, -0.25) is 10.1 Å². The van der Waals surface area contributed by atoms with Gasteiger partial charge < -0.3 is 0 Å². The number of carbonyl (C=O) groups excluding carboxylic acids is 1. The highest BCUT2D eigenvalue weighted by Crippen LogP contribution is 2.21. The zero-order chi connectivity index (χ0) is 15.4. The normalized spacial score (nSPS) is 10.4. The second kappa shape index (κ2) is 6.54. The summed E-state index contributed by atoms with van der Waals surface area (Å²) in [5, 5.41) is 3.49. The van der Waals surface area contributed by atoms with E-state index < -0.39 is 0 Å². The third-order valence-corrected chi connectivity index (χ3v) is 4.22. The Morgan fingerprint density at radius 1 is 1.09 bits per heavy atom. The van der Waals surface area contributed by atoms with E-state index in [-0.39, 0.29) is 5.91 Å². The standard InChI is InChI=1S/C18H16N2OS/c1-13-7-9-15(10-8-13)17(21)20-18-19-12-16(22-18)11-14-5-3-2-4-6-14/h2-10,12H,11H2,1H3,(H,19,20,21). The molecule has 1 aromatic heterocycles. The van der Waals surface area contributed by atoms with Crippen LogP contribution in [0.15, 0.2) is 60.8 Å². The highest BCUT2D eigenvalue weighted by atomic mass is 32.1. The number of hydrogen-bond donors (Lipinski definition) is 1. The molecule has 1 amide bonds. The molecule has 0 atom stereocenters. The van der Waals surface area contributed by atoms with Crippen LogP contribution in [0, 0.1) is 6.92 Å². The molecule has 4 heteroatoms. The van der Waals surface area contributed by atoms with Crippen LogP contribution in [0.2, 0.25) is 0 Å². The summed E-state index contributed by atoms with van der Waals surface area (Å²) in [5.74, 6) is -0.124. The molecule has 3 nitrogen and oxygen atoms in total. The summed E-state index contributed by atoms with van der Waals surface area (Å²) in [6, 6.07) is 17.7. The van der Waals surface area contributed by atoms with Gasteiger partial charge in [-0.15, -0.1) is 11.3 Å². The van der Waals surface area contributed by atoms with Crippen LogP contribution in [0.1, 0.15) is 26.4 Å². The fourth-order valence-electron chi connectivity index (χ4n) is 2.12. The molecule has 0 unspecified atom stereocenters. The van der Waals surface area contributed by atoms with Crippen molar-refractivity contribution in [3.05, 3.63) is 82.4 Å². The van der Waals surface area contributed by atoms with Crippen LogP contribution in [0.4, 0.5) is 5.13 Å². The Morgan fingerprint density at radius 2 is 1.82 bits per heavy atom. The molecular formula is C18H16N2OS. The van der Waals surface area contributed by atoms with Gasteiger partial charge >= 0.3 is 0 Å². The van der Waals surface area contributed by atoms with Crippen molar-refractivity contribution < 1.29 is 4.79 Å². The molecule has 3 aromatic rings. The van der Waals surface area contributed by atoms with Crippen molar-refractivity contribution in [3.8, 4) is 0 Å². The van der Waals surface area contributed by atoms with Crippen LogP contribution in [-0.4, -0.2) is 10.9 Å². The van der Waals surface area contributed by atoms with Gasteiger partial charge in [0, 0.05) is 23.1 Å². The Morgan fingerprint density at radius 3 is 2.55 bits per heavy atom. The number of thiazole rings is 1. The van der Waals surface area contributed by atoms with Crippen molar-refractivity contribution >= 4 is 22.4 Å². The van der Waals surface area contributed by atoms with E-state index in [2.05, 4.69) is 22.4 Å². The first-order valence-electron chi connectivity index (χ1n) is 7.07. The van der Waals surface area contributed by atoms with Crippen molar-refractivity contribution in [2.24, 2.45) is 0 Å². The highest BCUT2D eigenvalue weighted by Gasteiger charge is 2.09. The molecule has 1 heterocycles. The maximum absolute atomic E-state index is 12.1. The van der Waals surface area contributed by atoms with E-state index in [4.69, 9.17) is 0 Å². The minimum Gasteiger partial charge on any atom is -0.298 e. The van der Waals surface area contributed by atoms with Gasteiger partial charge in [0.05, 0.1) is 0 Å². The lowest BCUT2D eigenvalue weighted by Crippen LogP contribution is -2.11. The molecular weight excluding hydrogens is 292 g/mol. The zero-order valence-electron chi connectivity index (χ0n) is 12.2. The first-order chi connectivity index (χ1) is 10.7. The lowest BCUT2D eigenvalue weighted by atomic mass is 10.1. The Kier molecular flexibility index (Phi) is 4.30. The van der Waals surface area contributed by atoms with Crippen LogP contribution in [-0.2, 0) is 6.42 Å².